The molecule has 33 heavy (non-hydrogen) atoms. The van der Waals surface area contributed by atoms with Gasteiger partial charge in [-0.25, -0.2) is 14.3 Å². The van der Waals surface area contributed by atoms with Crippen LogP contribution in [0.15, 0.2) is 42.6 Å². The Labute approximate surface area is 192 Å². The molecule has 0 saturated carbocycles. The van der Waals surface area contributed by atoms with E-state index in [0.717, 1.165) is 42.0 Å². The lowest BCUT2D eigenvalue weighted by molar-refractivity contribution is 0.0952. The fourth-order valence-corrected chi connectivity index (χ4v) is 3.94. The van der Waals surface area contributed by atoms with Gasteiger partial charge in [-0.15, -0.1) is 5.10 Å². The topological polar surface area (TPSA) is 112 Å². The Kier molecular flexibility index (Phi) is 6.76. The van der Waals surface area contributed by atoms with Crippen molar-refractivity contribution in [1.82, 2.24) is 24.8 Å². The number of carboxylic acid groups (broad SMARTS) is 1. The molecule has 1 aliphatic heterocycles. The van der Waals surface area contributed by atoms with E-state index in [2.05, 4.69) is 29.5 Å². The number of carbonyl (C=O) groups is 2. The number of piperidine rings is 1. The first-order valence-electron chi connectivity index (χ1n) is 11.4. The molecule has 174 valence electrons. The molecule has 0 unspecified atom stereocenters. The Balaban J connectivity index is 1.45. The lowest BCUT2D eigenvalue weighted by atomic mass is 10.1. The first kappa shape index (κ1) is 22.6. The molecule has 1 fully saturated rings. The van der Waals surface area contributed by atoms with Crippen LogP contribution < -0.4 is 10.6 Å². The molecule has 0 bridgehead atoms. The highest BCUT2D eigenvalue weighted by Crippen LogP contribution is 2.22. The third kappa shape index (κ3) is 5.42. The molecule has 0 atom stereocenters. The number of nitrogens with zero attached hydrogens (tertiary/aromatic N) is 4. The van der Waals surface area contributed by atoms with Gasteiger partial charge in [-0.1, -0.05) is 26.0 Å². The molecule has 3 aromatic rings. The van der Waals surface area contributed by atoms with Crippen molar-refractivity contribution in [2.75, 3.05) is 25.0 Å². The first-order valence-corrected chi connectivity index (χ1v) is 11.4. The van der Waals surface area contributed by atoms with E-state index in [1.165, 1.54) is 4.90 Å². The standard InChI is InChI=1S/C24H30N6O3/c1-16(2)9-12-25-23(31)18-5-3-17(4-6-18)20-15-26-22-8-7-21(28-30(20)22)27-19-10-13-29(14-11-19)24(32)33/h3-8,15-16,19H,9-14H2,1-2H3,(H,25,31)(H,27,28)(H,32,33). The zero-order valence-corrected chi connectivity index (χ0v) is 19.0. The van der Waals surface area contributed by atoms with Crippen molar-refractivity contribution in [2.24, 2.45) is 5.92 Å². The molecule has 9 heteroatoms. The molecule has 1 aromatic carbocycles. The van der Waals surface area contributed by atoms with Gasteiger partial charge in [0.1, 0.15) is 5.82 Å². The minimum absolute atomic E-state index is 0.0705. The second-order valence-electron chi connectivity index (χ2n) is 8.84. The number of hydrogen-bond donors (Lipinski definition) is 3. The van der Waals surface area contributed by atoms with Gasteiger partial charge in [-0.3, -0.25) is 4.79 Å². The Morgan fingerprint density at radius 3 is 2.52 bits per heavy atom. The van der Waals surface area contributed by atoms with Crippen LogP contribution in [-0.4, -0.2) is 62.3 Å². The number of carbonyl (C=O) groups excluding carboxylic acids is 1. The summed E-state index contributed by atoms with van der Waals surface area (Å²) in [6.07, 6.45) is 3.34. The molecule has 9 nitrogen and oxygen atoms in total. The zero-order chi connectivity index (χ0) is 23.4. The summed E-state index contributed by atoms with van der Waals surface area (Å²) in [6, 6.07) is 11.4. The lowest BCUT2D eigenvalue weighted by Crippen LogP contribution is -2.41. The number of hydrogen-bond acceptors (Lipinski definition) is 5. The molecule has 3 heterocycles. The number of benzene rings is 1. The van der Waals surface area contributed by atoms with Crippen molar-refractivity contribution in [3.8, 4) is 11.3 Å². The fourth-order valence-electron chi connectivity index (χ4n) is 3.94. The van der Waals surface area contributed by atoms with Crippen LogP contribution in [0.1, 0.15) is 43.5 Å². The van der Waals surface area contributed by atoms with Crippen molar-refractivity contribution < 1.29 is 14.7 Å². The third-order valence-corrected chi connectivity index (χ3v) is 5.93. The number of imidazole rings is 1. The zero-order valence-electron chi connectivity index (χ0n) is 19.0. The van der Waals surface area contributed by atoms with Crippen LogP contribution in [0.4, 0.5) is 10.6 Å². The summed E-state index contributed by atoms with van der Waals surface area (Å²) in [4.78, 5) is 29.3. The molecule has 0 aliphatic carbocycles. The highest BCUT2D eigenvalue weighted by molar-refractivity contribution is 5.94. The quantitative estimate of drug-likeness (QED) is 0.506. The first-order chi connectivity index (χ1) is 15.9. The maximum absolute atomic E-state index is 12.3. The minimum Gasteiger partial charge on any atom is -0.465 e. The van der Waals surface area contributed by atoms with Gasteiger partial charge in [-0.05, 0) is 49.4 Å². The summed E-state index contributed by atoms with van der Waals surface area (Å²) < 4.78 is 1.78. The van der Waals surface area contributed by atoms with Crippen LogP contribution in [0.25, 0.3) is 16.9 Å². The molecule has 1 aliphatic rings. The van der Waals surface area contributed by atoms with Crippen LogP contribution >= 0.6 is 0 Å². The molecule has 2 amide bonds. The average Bonchev–Trinajstić information content (AvgIpc) is 3.22. The van der Waals surface area contributed by atoms with Crippen molar-refractivity contribution in [1.29, 1.82) is 0 Å². The highest BCUT2D eigenvalue weighted by atomic mass is 16.4. The summed E-state index contributed by atoms with van der Waals surface area (Å²) in [5.74, 6) is 1.20. The van der Waals surface area contributed by atoms with Gasteiger partial charge in [-0.2, -0.15) is 0 Å². The van der Waals surface area contributed by atoms with Gasteiger partial charge in [0, 0.05) is 36.8 Å². The van der Waals surface area contributed by atoms with Gasteiger partial charge < -0.3 is 20.6 Å². The van der Waals surface area contributed by atoms with Crippen LogP contribution in [0, 0.1) is 5.92 Å². The monoisotopic (exact) mass is 450 g/mol. The maximum atomic E-state index is 12.3. The van der Waals surface area contributed by atoms with Crippen LogP contribution in [0.3, 0.4) is 0 Å². The lowest BCUT2D eigenvalue weighted by Gasteiger charge is -2.30. The maximum Gasteiger partial charge on any atom is 0.407 e. The van der Waals surface area contributed by atoms with Crippen molar-refractivity contribution in [3.63, 3.8) is 0 Å². The molecule has 0 radical (unpaired) electrons. The molecule has 3 N–H and O–H groups in total. The van der Waals surface area contributed by atoms with E-state index in [1.54, 1.807) is 10.7 Å². The SMILES string of the molecule is CC(C)CCNC(=O)c1ccc(-c2cnc3ccc(NC4CCN(C(=O)O)CC4)nn23)cc1. The molecule has 1 saturated heterocycles. The second kappa shape index (κ2) is 9.89. The number of fused-ring (bicyclic) bond motifs is 1. The smallest absolute Gasteiger partial charge is 0.407 e. The summed E-state index contributed by atoms with van der Waals surface area (Å²) in [5.41, 5.74) is 3.10. The van der Waals surface area contributed by atoms with Crippen molar-refractivity contribution >= 4 is 23.5 Å². The van der Waals surface area contributed by atoms with Crippen LogP contribution in [0.2, 0.25) is 0 Å². The van der Waals surface area contributed by atoms with E-state index >= 15 is 0 Å². The number of rotatable bonds is 7. The van der Waals surface area contributed by atoms with Gasteiger partial charge in [0.15, 0.2) is 5.65 Å². The Morgan fingerprint density at radius 1 is 1.12 bits per heavy atom. The Morgan fingerprint density at radius 2 is 1.85 bits per heavy atom. The largest absolute Gasteiger partial charge is 0.465 e. The Bertz CT molecular complexity index is 1120. The van der Waals surface area contributed by atoms with Gasteiger partial charge >= 0.3 is 6.09 Å². The minimum atomic E-state index is -0.866. The summed E-state index contributed by atoms with van der Waals surface area (Å²) in [6.45, 7) is 5.97. The predicted octanol–water partition coefficient (Wildman–Crippen LogP) is 3.73. The van der Waals surface area contributed by atoms with Crippen LogP contribution in [-0.2, 0) is 0 Å². The number of amides is 2. The summed E-state index contributed by atoms with van der Waals surface area (Å²) >= 11 is 0. The summed E-state index contributed by atoms with van der Waals surface area (Å²) in [7, 11) is 0. The average molecular weight is 451 g/mol. The number of likely N-dealkylation sites (tertiary alicyclic amines) is 1. The van der Waals surface area contributed by atoms with Crippen LogP contribution in [0.5, 0.6) is 0 Å². The molecular formula is C24H30N6O3. The van der Waals surface area contributed by atoms with E-state index in [-0.39, 0.29) is 11.9 Å². The van der Waals surface area contributed by atoms with Gasteiger partial charge in [0.25, 0.3) is 5.91 Å². The second-order valence-corrected chi connectivity index (χ2v) is 8.84. The highest BCUT2D eigenvalue weighted by Gasteiger charge is 2.22. The molecule has 2 aromatic heterocycles. The molecule has 0 spiro atoms. The fraction of sp³-hybridized carbons (Fsp3) is 0.417. The van der Waals surface area contributed by atoms with E-state index < -0.39 is 6.09 Å². The van der Waals surface area contributed by atoms with Gasteiger partial charge in [0.05, 0.1) is 11.9 Å². The van der Waals surface area contributed by atoms with Gasteiger partial charge in [0.2, 0.25) is 0 Å². The number of anilines is 1. The molecule has 4 rings (SSSR count). The van der Waals surface area contributed by atoms with E-state index in [9.17, 15) is 9.59 Å². The number of nitrogens with one attached hydrogen (secondary N) is 2. The predicted molar refractivity (Wildman–Crippen MR) is 126 cm³/mol. The van der Waals surface area contributed by atoms with Crippen molar-refractivity contribution in [3.05, 3.63) is 48.2 Å². The molecular weight excluding hydrogens is 420 g/mol. The Hall–Kier alpha value is -3.62. The summed E-state index contributed by atoms with van der Waals surface area (Å²) in [5, 5.41) is 20.2. The van der Waals surface area contributed by atoms with E-state index in [1.807, 2.05) is 36.4 Å². The van der Waals surface area contributed by atoms with Crippen molar-refractivity contribution in [2.45, 2.75) is 39.2 Å². The van der Waals surface area contributed by atoms with E-state index in [0.29, 0.717) is 31.1 Å². The normalized spacial score (nSPS) is 14.6. The van der Waals surface area contributed by atoms with E-state index in [4.69, 9.17) is 10.2 Å². The number of aromatic nitrogens is 3. The third-order valence-electron chi connectivity index (χ3n) is 5.93.